The van der Waals surface area contributed by atoms with Crippen molar-refractivity contribution in [1.82, 2.24) is 10.2 Å². The summed E-state index contributed by atoms with van der Waals surface area (Å²) >= 11 is 0. The molecule has 0 spiro atoms. The summed E-state index contributed by atoms with van der Waals surface area (Å²) in [4.78, 5) is 36.9. The minimum Gasteiger partial charge on any atom is -0.456 e. The molecule has 4 aromatic carbocycles. The number of hydroxylamine groups is 1. The molecular formula is C30H25N3O7S. The Bertz CT molecular complexity index is 1720. The molecule has 0 radical (unpaired) electrons. The minimum atomic E-state index is -4.34. The number of benzene rings is 4. The molecule has 0 aliphatic carbocycles. The molecule has 0 fully saturated rings. The van der Waals surface area contributed by atoms with Crippen molar-refractivity contribution in [3.05, 3.63) is 125 Å². The maximum Gasteiger partial charge on any atom is 0.274 e. The number of amides is 3. The lowest BCUT2D eigenvalue weighted by Gasteiger charge is -2.14. The maximum absolute atomic E-state index is 13.1. The normalized spacial score (nSPS) is 11.1. The standard InChI is InChI=1S/C30H25N3O7S/c1-20-7-5-6-8-21(20)13-18-28(34)31-23-14-17-26(27(19-23)40-24-9-3-2-4-10-24)30(36)33-41(38,39)25-15-11-22(12-16-25)29(35)32-37/h2-19,37H,1H3,(H,31,34)(H,32,35)(H,33,36). The average molecular weight is 572 g/mol. The van der Waals surface area contributed by atoms with Crippen LogP contribution in [0, 0.1) is 6.92 Å². The highest BCUT2D eigenvalue weighted by Crippen LogP contribution is 2.29. The van der Waals surface area contributed by atoms with Crippen LogP contribution in [0.2, 0.25) is 0 Å². The number of ether oxygens (including phenoxy) is 1. The smallest absolute Gasteiger partial charge is 0.274 e. The zero-order valence-electron chi connectivity index (χ0n) is 21.7. The molecule has 0 unspecified atom stereocenters. The van der Waals surface area contributed by atoms with E-state index in [1.54, 1.807) is 36.4 Å². The Balaban J connectivity index is 1.57. The van der Waals surface area contributed by atoms with E-state index in [9.17, 15) is 22.8 Å². The number of hydrogen-bond donors (Lipinski definition) is 4. The number of sulfonamides is 1. The van der Waals surface area contributed by atoms with Crippen molar-refractivity contribution in [3.8, 4) is 11.5 Å². The Morgan fingerprint density at radius 3 is 2.20 bits per heavy atom. The first-order chi connectivity index (χ1) is 19.7. The first kappa shape index (κ1) is 28.7. The monoisotopic (exact) mass is 571 g/mol. The van der Waals surface area contributed by atoms with Crippen molar-refractivity contribution >= 4 is 39.5 Å². The largest absolute Gasteiger partial charge is 0.456 e. The number of aryl methyl sites for hydroxylation is 1. The predicted octanol–water partition coefficient (Wildman–Crippen LogP) is 4.68. The van der Waals surface area contributed by atoms with Crippen LogP contribution in [0.1, 0.15) is 31.8 Å². The van der Waals surface area contributed by atoms with Gasteiger partial charge in [-0.1, -0.05) is 42.5 Å². The van der Waals surface area contributed by atoms with Crippen LogP contribution in [0.5, 0.6) is 11.5 Å². The highest BCUT2D eigenvalue weighted by atomic mass is 32.2. The van der Waals surface area contributed by atoms with Crippen LogP contribution >= 0.6 is 0 Å². The summed E-state index contributed by atoms with van der Waals surface area (Å²) in [5.74, 6) is -1.84. The number of hydrogen-bond acceptors (Lipinski definition) is 7. The molecule has 4 N–H and O–H groups in total. The van der Waals surface area contributed by atoms with Gasteiger partial charge in [0.05, 0.1) is 10.5 Å². The molecule has 11 heteroatoms. The SMILES string of the molecule is Cc1ccccc1C=CC(=O)Nc1ccc(C(=O)NS(=O)(=O)c2ccc(C(=O)NO)cc2)c(Oc2ccccc2)c1. The highest BCUT2D eigenvalue weighted by Gasteiger charge is 2.22. The van der Waals surface area contributed by atoms with Crippen LogP contribution in [0.15, 0.2) is 108 Å². The van der Waals surface area contributed by atoms with E-state index < -0.39 is 27.7 Å². The lowest BCUT2D eigenvalue weighted by Crippen LogP contribution is -2.31. The summed E-state index contributed by atoms with van der Waals surface area (Å²) < 4.78 is 33.6. The third-order valence-corrected chi connectivity index (χ3v) is 7.17. The van der Waals surface area contributed by atoms with Crippen LogP contribution in [-0.2, 0) is 14.8 Å². The van der Waals surface area contributed by atoms with Gasteiger partial charge < -0.3 is 10.1 Å². The molecule has 0 saturated carbocycles. The van der Waals surface area contributed by atoms with Gasteiger partial charge in [-0.05, 0) is 72.7 Å². The van der Waals surface area contributed by atoms with Crippen LogP contribution in [0.25, 0.3) is 6.08 Å². The van der Waals surface area contributed by atoms with Gasteiger partial charge in [0, 0.05) is 23.4 Å². The van der Waals surface area contributed by atoms with Crippen molar-refractivity contribution in [3.63, 3.8) is 0 Å². The van der Waals surface area contributed by atoms with E-state index in [0.29, 0.717) is 11.4 Å². The van der Waals surface area contributed by atoms with E-state index in [0.717, 1.165) is 23.3 Å². The van der Waals surface area contributed by atoms with Gasteiger partial charge in [0.1, 0.15) is 11.5 Å². The molecular weight excluding hydrogens is 546 g/mol. The first-order valence-corrected chi connectivity index (χ1v) is 13.7. The van der Waals surface area contributed by atoms with E-state index in [-0.39, 0.29) is 21.8 Å². The minimum absolute atomic E-state index is 0.000418. The second-order valence-electron chi connectivity index (χ2n) is 8.71. The fraction of sp³-hybridized carbons (Fsp3) is 0.0333. The molecule has 0 bridgehead atoms. The van der Waals surface area contributed by atoms with E-state index >= 15 is 0 Å². The Morgan fingerprint density at radius 2 is 1.51 bits per heavy atom. The van der Waals surface area contributed by atoms with E-state index in [4.69, 9.17) is 9.94 Å². The molecule has 3 amide bonds. The summed E-state index contributed by atoms with van der Waals surface area (Å²) in [6, 6.07) is 24.9. The van der Waals surface area contributed by atoms with Crippen molar-refractivity contribution in [1.29, 1.82) is 0 Å². The van der Waals surface area contributed by atoms with Crippen LogP contribution in [-0.4, -0.2) is 31.3 Å². The number of carbonyl (C=O) groups is 3. The van der Waals surface area contributed by atoms with Crippen LogP contribution in [0.3, 0.4) is 0 Å². The first-order valence-electron chi connectivity index (χ1n) is 12.2. The summed E-state index contributed by atoms with van der Waals surface area (Å²) in [6.45, 7) is 1.93. The zero-order chi connectivity index (χ0) is 29.4. The van der Waals surface area contributed by atoms with Crippen molar-refractivity contribution in [2.75, 3.05) is 5.32 Å². The Labute approximate surface area is 236 Å². The average Bonchev–Trinajstić information content (AvgIpc) is 2.97. The lowest BCUT2D eigenvalue weighted by molar-refractivity contribution is -0.111. The summed E-state index contributed by atoms with van der Waals surface area (Å²) in [7, 11) is -4.34. The molecule has 0 heterocycles. The van der Waals surface area contributed by atoms with Gasteiger partial charge in [0.2, 0.25) is 5.91 Å². The molecule has 10 nitrogen and oxygen atoms in total. The van der Waals surface area contributed by atoms with Gasteiger partial charge in [-0.2, -0.15) is 0 Å². The Hall–Kier alpha value is -5.26. The quantitative estimate of drug-likeness (QED) is 0.129. The second-order valence-corrected chi connectivity index (χ2v) is 10.4. The molecule has 4 rings (SSSR count). The molecule has 0 aliphatic heterocycles. The highest BCUT2D eigenvalue weighted by molar-refractivity contribution is 7.90. The van der Waals surface area contributed by atoms with Crippen molar-refractivity contribution < 1.29 is 32.7 Å². The van der Waals surface area contributed by atoms with Gasteiger partial charge in [-0.25, -0.2) is 18.6 Å². The van der Waals surface area contributed by atoms with E-state index in [2.05, 4.69) is 5.32 Å². The van der Waals surface area contributed by atoms with Gasteiger partial charge in [-0.3, -0.25) is 19.6 Å². The van der Waals surface area contributed by atoms with Crippen molar-refractivity contribution in [2.24, 2.45) is 0 Å². The third-order valence-electron chi connectivity index (χ3n) is 5.82. The maximum atomic E-state index is 13.1. The Morgan fingerprint density at radius 1 is 0.829 bits per heavy atom. The third kappa shape index (κ3) is 7.44. The van der Waals surface area contributed by atoms with Crippen LogP contribution in [0.4, 0.5) is 5.69 Å². The lowest BCUT2D eigenvalue weighted by atomic mass is 10.1. The van der Waals surface area contributed by atoms with Crippen molar-refractivity contribution in [2.45, 2.75) is 11.8 Å². The molecule has 0 atom stereocenters. The predicted molar refractivity (Wildman–Crippen MR) is 152 cm³/mol. The molecule has 0 aliphatic rings. The van der Waals surface area contributed by atoms with Crippen LogP contribution < -0.4 is 20.3 Å². The molecule has 208 valence electrons. The number of nitrogens with one attached hydrogen (secondary N) is 3. The topological polar surface area (TPSA) is 151 Å². The fourth-order valence-corrected chi connectivity index (χ4v) is 4.66. The zero-order valence-corrected chi connectivity index (χ0v) is 22.5. The van der Waals surface area contributed by atoms with Gasteiger partial charge in [0.25, 0.3) is 21.8 Å². The van der Waals surface area contributed by atoms with Gasteiger partial charge >= 0.3 is 0 Å². The van der Waals surface area contributed by atoms with E-state index in [1.807, 2.05) is 35.9 Å². The van der Waals surface area contributed by atoms with E-state index in [1.165, 1.54) is 41.9 Å². The molecule has 4 aromatic rings. The number of rotatable bonds is 9. The second kappa shape index (κ2) is 12.7. The van der Waals surface area contributed by atoms with Gasteiger partial charge in [0.15, 0.2) is 0 Å². The summed E-state index contributed by atoms with van der Waals surface area (Å²) in [5.41, 5.74) is 3.56. The Kier molecular flexibility index (Phi) is 8.92. The summed E-state index contributed by atoms with van der Waals surface area (Å²) in [6.07, 6.45) is 3.06. The number of carbonyl (C=O) groups excluding carboxylic acids is 3. The number of anilines is 1. The molecule has 0 aromatic heterocycles. The molecule has 0 saturated heterocycles. The van der Waals surface area contributed by atoms with Gasteiger partial charge in [-0.15, -0.1) is 0 Å². The number of para-hydroxylation sites is 1. The molecule has 41 heavy (non-hydrogen) atoms. The fourth-order valence-electron chi connectivity index (χ4n) is 3.70. The summed E-state index contributed by atoms with van der Waals surface area (Å²) in [5, 5.41) is 11.4.